The van der Waals surface area contributed by atoms with Gasteiger partial charge in [0.2, 0.25) is 5.91 Å². The van der Waals surface area contributed by atoms with Gasteiger partial charge in [-0.2, -0.15) is 5.26 Å². The molecular weight excluding hydrogens is 316 g/mol. The van der Waals surface area contributed by atoms with Crippen LogP contribution in [-0.4, -0.2) is 56.2 Å². The third kappa shape index (κ3) is 4.23. The van der Waals surface area contributed by atoms with Gasteiger partial charge in [-0.05, 0) is 37.8 Å². The van der Waals surface area contributed by atoms with Gasteiger partial charge in [-0.25, -0.2) is 0 Å². The normalized spacial score (nSPS) is 20.4. The van der Waals surface area contributed by atoms with Crippen molar-refractivity contribution in [1.29, 1.82) is 5.26 Å². The Balaban J connectivity index is 1.49. The van der Waals surface area contributed by atoms with Crippen LogP contribution in [0.4, 0.5) is 5.69 Å². The molecule has 0 aromatic heterocycles. The maximum Gasteiger partial charge on any atom is 0.235 e. The maximum atomic E-state index is 12.3. The molecule has 1 aliphatic heterocycles. The first-order valence-electron chi connectivity index (χ1n) is 8.87. The third-order valence-electron chi connectivity index (χ3n) is 5.18. The van der Waals surface area contributed by atoms with Gasteiger partial charge in [0.15, 0.2) is 0 Å². The molecule has 1 unspecified atom stereocenters. The number of nitriles is 1. The second-order valence-electron chi connectivity index (χ2n) is 7.10. The van der Waals surface area contributed by atoms with Crippen molar-refractivity contribution >= 4 is 11.6 Å². The fourth-order valence-corrected chi connectivity index (χ4v) is 3.39. The number of benzene rings is 1. The van der Waals surface area contributed by atoms with E-state index in [1.165, 1.54) is 0 Å². The van der Waals surface area contributed by atoms with E-state index in [-0.39, 0.29) is 5.91 Å². The lowest BCUT2D eigenvalue weighted by atomic mass is 9.98. The van der Waals surface area contributed by atoms with Crippen LogP contribution in [0.1, 0.15) is 19.8 Å². The molecule has 6 nitrogen and oxygen atoms in total. The molecule has 3 rings (SSSR count). The Morgan fingerprint density at radius 1 is 1.36 bits per heavy atom. The molecule has 2 aliphatic rings. The monoisotopic (exact) mass is 342 g/mol. The quantitative estimate of drug-likeness (QED) is 0.851. The van der Waals surface area contributed by atoms with Crippen molar-refractivity contribution in [2.75, 3.05) is 44.7 Å². The Kier molecular flexibility index (Phi) is 5.14. The van der Waals surface area contributed by atoms with E-state index in [4.69, 9.17) is 4.74 Å². The van der Waals surface area contributed by atoms with E-state index in [1.54, 1.807) is 7.11 Å². The highest BCUT2D eigenvalue weighted by Crippen LogP contribution is 2.39. The molecule has 134 valence electrons. The maximum absolute atomic E-state index is 12.3. The van der Waals surface area contributed by atoms with Crippen LogP contribution in [0, 0.1) is 17.2 Å². The Bertz CT molecular complexity index is 660. The molecule has 1 atom stereocenters. The minimum atomic E-state index is -0.709. The van der Waals surface area contributed by atoms with E-state index in [0.29, 0.717) is 12.5 Å². The molecule has 1 aromatic carbocycles. The van der Waals surface area contributed by atoms with Crippen LogP contribution < -0.4 is 15.0 Å². The predicted octanol–water partition coefficient (Wildman–Crippen LogP) is 1.63. The van der Waals surface area contributed by atoms with Crippen molar-refractivity contribution in [1.82, 2.24) is 10.2 Å². The van der Waals surface area contributed by atoms with Gasteiger partial charge >= 0.3 is 0 Å². The minimum absolute atomic E-state index is 0.0502. The van der Waals surface area contributed by atoms with Crippen molar-refractivity contribution in [3.05, 3.63) is 24.3 Å². The van der Waals surface area contributed by atoms with Crippen molar-refractivity contribution in [3.8, 4) is 11.8 Å². The van der Waals surface area contributed by atoms with Crippen molar-refractivity contribution in [3.63, 3.8) is 0 Å². The molecule has 25 heavy (non-hydrogen) atoms. The SMILES string of the molecule is COc1cccc(N2CCN(CC(=O)NC(C)(C#N)C3CC3)CC2)c1. The molecule has 0 spiro atoms. The van der Waals surface area contributed by atoms with E-state index in [2.05, 4.69) is 27.3 Å². The Hall–Kier alpha value is -2.26. The number of hydrogen-bond acceptors (Lipinski definition) is 5. The summed E-state index contributed by atoms with van der Waals surface area (Å²) >= 11 is 0. The average Bonchev–Trinajstić information content (AvgIpc) is 3.48. The summed E-state index contributed by atoms with van der Waals surface area (Å²) in [6.45, 7) is 5.60. The number of hydrogen-bond donors (Lipinski definition) is 1. The van der Waals surface area contributed by atoms with Gasteiger partial charge < -0.3 is 15.0 Å². The zero-order chi connectivity index (χ0) is 17.9. The molecule has 1 saturated carbocycles. The Morgan fingerprint density at radius 3 is 2.68 bits per heavy atom. The summed E-state index contributed by atoms with van der Waals surface area (Å²) in [6.07, 6.45) is 2.06. The fourth-order valence-electron chi connectivity index (χ4n) is 3.39. The van der Waals surface area contributed by atoms with E-state index < -0.39 is 5.54 Å². The van der Waals surface area contributed by atoms with Gasteiger partial charge in [0.25, 0.3) is 0 Å². The number of amides is 1. The van der Waals surface area contributed by atoms with E-state index >= 15 is 0 Å². The number of nitrogens with zero attached hydrogens (tertiary/aromatic N) is 3. The second kappa shape index (κ2) is 7.32. The predicted molar refractivity (Wildman–Crippen MR) is 96.5 cm³/mol. The standard InChI is InChI=1S/C19H26N4O2/c1-19(14-20,15-6-7-15)21-18(24)13-22-8-10-23(11-9-22)16-4-3-5-17(12-16)25-2/h3-5,12,15H,6-11,13H2,1-2H3,(H,21,24). The van der Waals surface area contributed by atoms with E-state index in [9.17, 15) is 10.1 Å². The van der Waals surface area contributed by atoms with Crippen LogP contribution in [0.25, 0.3) is 0 Å². The minimum Gasteiger partial charge on any atom is -0.497 e. The summed E-state index contributed by atoms with van der Waals surface area (Å²) in [4.78, 5) is 16.8. The van der Waals surface area contributed by atoms with Crippen LogP contribution in [0.2, 0.25) is 0 Å². The van der Waals surface area contributed by atoms with Crippen LogP contribution in [0.5, 0.6) is 5.75 Å². The first kappa shape index (κ1) is 17.6. The lowest BCUT2D eigenvalue weighted by molar-refractivity contribution is -0.123. The van der Waals surface area contributed by atoms with Crippen LogP contribution in [0.15, 0.2) is 24.3 Å². The average molecular weight is 342 g/mol. The molecule has 0 bridgehead atoms. The fraction of sp³-hybridized carbons (Fsp3) is 0.579. The molecule has 1 N–H and O–H groups in total. The van der Waals surface area contributed by atoms with E-state index in [0.717, 1.165) is 50.5 Å². The molecule has 1 aromatic rings. The number of nitrogens with one attached hydrogen (secondary N) is 1. The highest BCUT2D eigenvalue weighted by Gasteiger charge is 2.43. The first-order chi connectivity index (χ1) is 12.0. The Morgan fingerprint density at radius 2 is 2.08 bits per heavy atom. The number of rotatable bonds is 6. The van der Waals surface area contributed by atoms with Gasteiger partial charge in [0.1, 0.15) is 11.3 Å². The number of piperazine rings is 1. The number of anilines is 1. The van der Waals surface area contributed by atoms with Gasteiger partial charge in [-0.1, -0.05) is 6.07 Å². The van der Waals surface area contributed by atoms with Gasteiger partial charge in [-0.15, -0.1) is 0 Å². The molecule has 0 radical (unpaired) electrons. The van der Waals surface area contributed by atoms with Crippen LogP contribution >= 0.6 is 0 Å². The number of carbonyl (C=O) groups excluding carboxylic acids is 1. The van der Waals surface area contributed by atoms with Gasteiger partial charge in [0, 0.05) is 37.9 Å². The van der Waals surface area contributed by atoms with Crippen LogP contribution in [-0.2, 0) is 4.79 Å². The lowest BCUT2D eigenvalue weighted by Gasteiger charge is -2.36. The molecule has 1 heterocycles. The third-order valence-corrected chi connectivity index (χ3v) is 5.18. The summed E-state index contributed by atoms with van der Waals surface area (Å²) < 4.78 is 5.28. The number of carbonyl (C=O) groups is 1. The van der Waals surface area contributed by atoms with Crippen molar-refractivity contribution in [2.24, 2.45) is 5.92 Å². The van der Waals surface area contributed by atoms with E-state index in [1.807, 2.05) is 25.1 Å². The zero-order valence-corrected chi connectivity index (χ0v) is 15.0. The molecule has 6 heteroatoms. The molecule has 1 aliphatic carbocycles. The Labute approximate surface area is 149 Å². The summed E-state index contributed by atoms with van der Waals surface area (Å²) in [5.41, 5.74) is 0.439. The molecule has 1 saturated heterocycles. The second-order valence-corrected chi connectivity index (χ2v) is 7.10. The zero-order valence-electron chi connectivity index (χ0n) is 15.0. The summed E-state index contributed by atoms with van der Waals surface area (Å²) in [6, 6.07) is 10.3. The highest BCUT2D eigenvalue weighted by atomic mass is 16.5. The van der Waals surface area contributed by atoms with Gasteiger partial charge in [-0.3, -0.25) is 9.69 Å². The largest absolute Gasteiger partial charge is 0.497 e. The number of ether oxygens (including phenoxy) is 1. The summed E-state index contributed by atoms with van der Waals surface area (Å²) in [7, 11) is 1.67. The molecular formula is C19H26N4O2. The topological polar surface area (TPSA) is 68.6 Å². The van der Waals surface area contributed by atoms with Crippen molar-refractivity contribution in [2.45, 2.75) is 25.3 Å². The van der Waals surface area contributed by atoms with Crippen molar-refractivity contribution < 1.29 is 9.53 Å². The molecule has 1 amide bonds. The lowest BCUT2D eigenvalue weighted by Crippen LogP contribution is -2.53. The summed E-state index contributed by atoms with van der Waals surface area (Å²) in [5, 5.41) is 12.3. The smallest absolute Gasteiger partial charge is 0.235 e. The summed E-state index contributed by atoms with van der Waals surface area (Å²) in [5.74, 6) is 1.12. The molecule has 2 fully saturated rings. The number of methoxy groups -OCH3 is 1. The highest BCUT2D eigenvalue weighted by molar-refractivity contribution is 5.79. The van der Waals surface area contributed by atoms with Gasteiger partial charge in [0.05, 0.1) is 19.7 Å². The first-order valence-corrected chi connectivity index (χ1v) is 8.87. The van der Waals surface area contributed by atoms with Crippen LogP contribution in [0.3, 0.4) is 0 Å².